The van der Waals surface area contributed by atoms with Gasteiger partial charge >= 0.3 is 6.09 Å². The number of rotatable bonds is 10. The van der Waals surface area contributed by atoms with Crippen LogP contribution in [0.25, 0.3) is 0 Å². The van der Waals surface area contributed by atoms with Crippen LogP contribution in [0.1, 0.15) is 34.6 Å². The molecule has 0 bridgehead atoms. The predicted molar refractivity (Wildman–Crippen MR) is 110 cm³/mol. The van der Waals surface area contributed by atoms with Crippen LogP contribution in [0.4, 0.5) is 4.79 Å². The molecule has 4 nitrogen and oxygen atoms in total. The van der Waals surface area contributed by atoms with Crippen molar-refractivity contribution in [2.75, 3.05) is 19.7 Å². The highest BCUT2D eigenvalue weighted by Gasteiger charge is 2.22. The first kappa shape index (κ1) is 23.5. The lowest BCUT2D eigenvalue weighted by atomic mass is 10.2. The maximum absolute atomic E-state index is 12.5. The van der Waals surface area contributed by atoms with Crippen molar-refractivity contribution in [3.63, 3.8) is 0 Å². The topological polar surface area (TPSA) is 38.8 Å². The number of ether oxygens (including phenoxy) is 2. The second-order valence-electron chi connectivity index (χ2n) is 6.72. The molecule has 0 aliphatic heterocycles. The van der Waals surface area contributed by atoms with E-state index >= 15 is 0 Å². The third-order valence-corrected chi connectivity index (χ3v) is 3.23. The average molecular weight is 360 g/mol. The van der Waals surface area contributed by atoms with Crippen molar-refractivity contribution in [3.8, 4) is 0 Å². The fourth-order valence-electron chi connectivity index (χ4n) is 1.88. The third-order valence-electron chi connectivity index (χ3n) is 3.23. The molecule has 26 heavy (non-hydrogen) atoms. The summed E-state index contributed by atoms with van der Waals surface area (Å²) in [6, 6.07) is 0. The second kappa shape index (κ2) is 12.0. The summed E-state index contributed by atoms with van der Waals surface area (Å²) in [5.74, 6) is 0.733. The Kier molecular flexibility index (Phi) is 10.8. The van der Waals surface area contributed by atoms with Gasteiger partial charge in [-0.25, -0.2) is 4.79 Å². The number of carbonyl (C=O) groups excluding carboxylic acids is 1. The van der Waals surface area contributed by atoms with E-state index in [2.05, 4.69) is 19.7 Å². The zero-order valence-electron chi connectivity index (χ0n) is 16.9. The molecule has 0 heterocycles. The summed E-state index contributed by atoms with van der Waals surface area (Å²) in [7, 11) is 0. The van der Waals surface area contributed by atoms with Crippen molar-refractivity contribution in [2.24, 2.45) is 0 Å². The Morgan fingerprint density at radius 3 is 2.27 bits per heavy atom. The van der Waals surface area contributed by atoms with Gasteiger partial charge in [-0.15, -0.1) is 0 Å². The Bertz CT molecular complexity index is 589. The number of allylic oxidation sites excluding steroid dienone is 6. The molecule has 1 amide bonds. The highest BCUT2D eigenvalue weighted by molar-refractivity contribution is 5.68. The molecule has 0 aromatic heterocycles. The minimum Gasteiger partial charge on any atom is -0.492 e. The molecule has 0 unspecified atom stereocenters. The third kappa shape index (κ3) is 10.4. The summed E-state index contributed by atoms with van der Waals surface area (Å²) < 4.78 is 11.3. The largest absolute Gasteiger partial charge is 0.492 e. The summed E-state index contributed by atoms with van der Waals surface area (Å²) in [4.78, 5) is 14.1. The van der Waals surface area contributed by atoms with Crippen molar-refractivity contribution < 1.29 is 14.3 Å². The fourth-order valence-corrected chi connectivity index (χ4v) is 1.88. The minimum atomic E-state index is -0.565. The normalized spacial score (nSPS) is 13.0. The van der Waals surface area contributed by atoms with Crippen LogP contribution < -0.4 is 0 Å². The van der Waals surface area contributed by atoms with Gasteiger partial charge in [0, 0.05) is 6.54 Å². The lowest BCUT2D eigenvalue weighted by Gasteiger charge is -2.27. The smallest absolute Gasteiger partial charge is 0.410 e. The van der Waals surface area contributed by atoms with E-state index in [4.69, 9.17) is 9.47 Å². The van der Waals surface area contributed by atoms with Crippen molar-refractivity contribution in [1.82, 2.24) is 4.90 Å². The van der Waals surface area contributed by atoms with Crippen LogP contribution in [-0.2, 0) is 9.47 Å². The molecule has 0 rings (SSSR count). The van der Waals surface area contributed by atoms with Crippen LogP contribution >= 0.6 is 0 Å². The molecule has 0 aliphatic rings. The summed E-state index contributed by atoms with van der Waals surface area (Å²) in [6.07, 6.45) is 10.3. The van der Waals surface area contributed by atoms with Gasteiger partial charge in [0.25, 0.3) is 0 Å². The zero-order valence-corrected chi connectivity index (χ0v) is 16.9. The number of amides is 1. The first-order chi connectivity index (χ1) is 12.2. The SMILES string of the molecule is C=C/C=C(\C=C)CN(CCOC(/C=C(/C)C=C)=C/C)C(=O)OC(C)(C)C. The molecule has 0 N–H and O–H groups in total. The Balaban J connectivity index is 5.08. The minimum absolute atomic E-state index is 0.346. The van der Waals surface area contributed by atoms with Crippen LogP contribution in [0.3, 0.4) is 0 Å². The maximum Gasteiger partial charge on any atom is 0.410 e. The van der Waals surface area contributed by atoms with Gasteiger partial charge in [-0.1, -0.05) is 44.0 Å². The molecule has 0 radical (unpaired) electrons. The van der Waals surface area contributed by atoms with Crippen molar-refractivity contribution in [2.45, 2.75) is 40.2 Å². The Morgan fingerprint density at radius 1 is 1.15 bits per heavy atom. The molecule has 0 aliphatic carbocycles. The van der Waals surface area contributed by atoms with Crippen molar-refractivity contribution in [1.29, 1.82) is 0 Å². The van der Waals surface area contributed by atoms with Crippen LogP contribution in [0.2, 0.25) is 0 Å². The van der Waals surface area contributed by atoms with E-state index in [1.807, 2.05) is 52.8 Å². The van der Waals surface area contributed by atoms with Crippen LogP contribution in [-0.4, -0.2) is 36.3 Å². The molecule has 0 atom stereocenters. The van der Waals surface area contributed by atoms with Crippen LogP contribution in [0.15, 0.2) is 73.1 Å². The standard InChI is InChI=1S/C22H33NO3/c1-9-13-19(11-3)17-23(21(24)26-22(6,7)8)14-15-25-20(12-4)16-18(5)10-2/h9-13,16H,1-3,14-15,17H2,4-8H3/b18-16-,19-13+,20-12+. The number of hydrogen-bond acceptors (Lipinski definition) is 3. The molecule has 4 heteroatoms. The number of nitrogens with zero attached hydrogens (tertiary/aromatic N) is 1. The van der Waals surface area contributed by atoms with Gasteiger partial charge in [-0.2, -0.15) is 0 Å². The lowest BCUT2D eigenvalue weighted by Crippen LogP contribution is -2.39. The molecule has 144 valence electrons. The van der Waals surface area contributed by atoms with Gasteiger partial charge in [0.05, 0.1) is 6.54 Å². The first-order valence-electron chi connectivity index (χ1n) is 8.68. The van der Waals surface area contributed by atoms with E-state index in [1.165, 1.54) is 0 Å². The van der Waals surface area contributed by atoms with Gasteiger partial charge in [-0.05, 0) is 57.9 Å². The van der Waals surface area contributed by atoms with Gasteiger partial charge in [0.15, 0.2) is 0 Å². The highest BCUT2D eigenvalue weighted by atomic mass is 16.6. The quantitative estimate of drug-likeness (QED) is 0.378. The second-order valence-corrected chi connectivity index (χ2v) is 6.72. The van der Waals surface area contributed by atoms with E-state index in [1.54, 1.807) is 23.1 Å². The lowest BCUT2D eigenvalue weighted by molar-refractivity contribution is 0.0229. The van der Waals surface area contributed by atoms with E-state index in [0.29, 0.717) is 19.7 Å². The monoisotopic (exact) mass is 359 g/mol. The Morgan fingerprint density at radius 2 is 1.81 bits per heavy atom. The molecular weight excluding hydrogens is 326 g/mol. The summed E-state index contributed by atoms with van der Waals surface area (Å²) in [5.41, 5.74) is 1.31. The number of carbonyl (C=O) groups is 1. The Labute approximate surface area is 158 Å². The van der Waals surface area contributed by atoms with Crippen LogP contribution in [0.5, 0.6) is 0 Å². The molecule has 0 saturated carbocycles. The Hall–Kier alpha value is -2.49. The van der Waals surface area contributed by atoms with Crippen molar-refractivity contribution >= 4 is 6.09 Å². The molecular formula is C22H33NO3. The van der Waals surface area contributed by atoms with E-state index in [9.17, 15) is 4.79 Å². The predicted octanol–water partition coefficient (Wildman–Crippen LogP) is 5.57. The van der Waals surface area contributed by atoms with E-state index in [0.717, 1.165) is 16.9 Å². The zero-order chi connectivity index (χ0) is 20.2. The molecule has 0 aromatic rings. The average Bonchev–Trinajstić information content (AvgIpc) is 2.57. The van der Waals surface area contributed by atoms with Gasteiger partial charge in [0.1, 0.15) is 18.0 Å². The van der Waals surface area contributed by atoms with E-state index in [-0.39, 0.29) is 0 Å². The van der Waals surface area contributed by atoms with E-state index < -0.39 is 11.7 Å². The first-order valence-corrected chi connectivity index (χ1v) is 8.68. The summed E-state index contributed by atoms with van der Waals surface area (Å²) >= 11 is 0. The van der Waals surface area contributed by atoms with Crippen molar-refractivity contribution in [3.05, 3.63) is 73.1 Å². The fraction of sp³-hybridized carbons (Fsp3) is 0.409. The van der Waals surface area contributed by atoms with Gasteiger partial charge in [-0.3, -0.25) is 0 Å². The molecule has 0 fully saturated rings. The highest BCUT2D eigenvalue weighted by Crippen LogP contribution is 2.12. The molecule has 0 saturated heterocycles. The van der Waals surface area contributed by atoms with Gasteiger partial charge < -0.3 is 14.4 Å². The van der Waals surface area contributed by atoms with Gasteiger partial charge in [0.2, 0.25) is 0 Å². The number of hydrogen-bond donors (Lipinski definition) is 0. The maximum atomic E-state index is 12.5. The molecule has 0 spiro atoms. The summed E-state index contributed by atoms with van der Waals surface area (Å²) in [6.45, 7) is 21.7. The van der Waals surface area contributed by atoms with Crippen LogP contribution in [0, 0.1) is 0 Å². The molecule has 0 aromatic carbocycles. The summed E-state index contributed by atoms with van der Waals surface area (Å²) in [5, 5.41) is 0.